The third-order valence-electron chi connectivity index (χ3n) is 2.66. The Kier molecular flexibility index (Phi) is 4.77. The van der Waals surface area contributed by atoms with Crippen molar-refractivity contribution in [2.75, 3.05) is 18.1 Å². The van der Waals surface area contributed by atoms with Gasteiger partial charge in [-0.25, -0.2) is 17.9 Å². The highest BCUT2D eigenvalue weighted by molar-refractivity contribution is 7.88. The summed E-state index contributed by atoms with van der Waals surface area (Å²) in [5.74, 6) is -0.973. The van der Waals surface area contributed by atoms with Gasteiger partial charge >= 0.3 is 5.97 Å². The lowest BCUT2D eigenvalue weighted by Gasteiger charge is -2.26. The van der Waals surface area contributed by atoms with Crippen LogP contribution in [0.2, 0.25) is 0 Å². The number of benzene rings is 1. The SMILES string of the molecule is Cc1cc(C(=O)O)ccc1NCC(C)(C)NS(C)(=O)=O. The molecule has 0 atom stereocenters. The Hall–Kier alpha value is -1.60. The number of carboxylic acid groups (broad SMARTS) is 1. The van der Waals surface area contributed by atoms with Gasteiger partial charge in [-0.3, -0.25) is 0 Å². The molecule has 0 spiro atoms. The van der Waals surface area contributed by atoms with E-state index in [0.29, 0.717) is 6.54 Å². The fourth-order valence-electron chi connectivity index (χ4n) is 1.85. The molecule has 1 rings (SSSR count). The monoisotopic (exact) mass is 300 g/mol. The Balaban J connectivity index is 2.78. The maximum Gasteiger partial charge on any atom is 0.335 e. The minimum absolute atomic E-state index is 0.224. The van der Waals surface area contributed by atoms with Crippen LogP contribution in [0.5, 0.6) is 0 Å². The molecule has 1 aromatic rings. The summed E-state index contributed by atoms with van der Waals surface area (Å²) in [5, 5.41) is 12.0. The lowest BCUT2D eigenvalue weighted by Crippen LogP contribution is -2.47. The quantitative estimate of drug-likeness (QED) is 0.738. The van der Waals surface area contributed by atoms with Crippen LogP contribution in [0, 0.1) is 6.92 Å². The van der Waals surface area contributed by atoms with E-state index in [4.69, 9.17) is 5.11 Å². The van der Waals surface area contributed by atoms with E-state index in [1.165, 1.54) is 6.07 Å². The Morgan fingerprint density at radius 2 is 1.95 bits per heavy atom. The van der Waals surface area contributed by atoms with E-state index >= 15 is 0 Å². The van der Waals surface area contributed by atoms with E-state index in [-0.39, 0.29) is 5.56 Å². The van der Waals surface area contributed by atoms with Crippen molar-refractivity contribution in [2.24, 2.45) is 0 Å². The summed E-state index contributed by atoms with van der Waals surface area (Å²) in [4.78, 5) is 10.8. The van der Waals surface area contributed by atoms with Gasteiger partial charge in [-0.1, -0.05) is 0 Å². The van der Waals surface area contributed by atoms with Crippen molar-refractivity contribution in [2.45, 2.75) is 26.3 Å². The van der Waals surface area contributed by atoms with Crippen molar-refractivity contribution in [3.05, 3.63) is 29.3 Å². The summed E-state index contributed by atoms with van der Waals surface area (Å²) >= 11 is 0. The van der Waals surface area contributed by atoms with Crippen LogP contribution in [0.15, 0.2) is 18.2 Å². The Morgan fingerprint density at radius 3 is 2.40 bits per heavy atom. The first-order valence-electron chi connectivity index (χ1n) is 6.07. The molecule has 20 heavy (non-hydrogen) atoms. The van der Waals surface area contributed by atoms with E-state index < -0.39 is 21.5 Å². The molecule has 112 valence electrons. The van der Waals surface area contributed by atoms with Crippen LogP contribution < -0.4 is 10.0 Å². The lowest BCUT2D eigenvalue weighted by molar-refractivity contribution is 0.0697. The van der Waals surface area contributed by atoms with Gasteiger partial charge < -0.3 is 10.4 Å². The van der Waals surface area contributed by atoms with Gasteiger partial charge in [0, 0.05) is 17.8 Å². The average Bonchev–Trinajstić information content (AvgIpc) is 2.23. The molecule has 3 N–H and O–H groups in total. The zero-order chi connectivity index (χ0) is 15.6. The van der Waals surface area contributed by atoms with Gasteiger partial charge in [0.25, 0.3) is 0 Å². The molecule has 0 fully saturated rings. The first-order chi connectivity index (χ1) is 9.00. The van der Waals surface area contributed by atoms with Crippen LogP contribution in [0.3, 0.4) is 0 Å². The van der Waals surface area contributed by atoms with Crippen molar-refractivity contribution in [3.8, 4) is 0 Å². The number of anilines is 1. The van der Waals surface area contributed by atoms with Gasteiger partial charge in [0.05, 0.1) is 11.8 Å². The van der Waals surface area contributed by atoms with Gasteiger partial charge in [-0.05, 0) is 44.5 Å². The van der Waals surface area contributed by atoms with Crippen molar-refractivity contribution in [3.63, 3.8) is 0 Å². The summed E-state index contributed by atoms with van der Waals surface area (Å²) in [6.07, 6.45) is 1.11. The van der Waals surface area contributed by atoms with Crippen molar-refractivity contribution < 1.29 is 18.3 Å². The minimum Gasteiger partial charge on any atom is -0.478 e. The molecule has 0 heterocycles. The molecule has 0 radical (unpaired) electrons. The molecule has 0 aliphatic heterocycles. The van der Waals surface area contributed by atoms with Crippen molar-refractivity contribution in [1.82, 2.24) is 4.72 Å². The van der Waals surface area contributed by atoms with Crippen LogP contribution in [-0.2, 0) is 10.0 Å². The molecule has 6 nitrogen and oxygen atoms in total. The summed E-state index contributed by atoms with van der Waals surface area (Å²) in [7, 11) is -3.28. The molecular formula is C13H20N2O4S. The summed E-state index contributed by atoms with van der Waals surface area (Å²) in [6, 6.07) is 4.76. The first kappa shape index (κ1) is 16.5. The molecule has 0 amide bonds. The fourth-order valence-corrected chi connectivity index (χ4v) is 2.93. The molecule has 0 aromatic heterocycles. The maximum absolute atomic E-state index is 11.2. The van der Waals surface area contributed by atoms with Crippen molar-refractivity contribution in [1.29, 1.82) is 0 Å². The number of rotatable bonds is 6. The van der Waals surface area contributed by atoms with E-state index in [0.717, 1.165) is 17.5 Å². The molecular weight excluding hydrogens is 280 g/mol. The van der Waals surface area contributed by atoms with E-state index in [2.05, 4.69) is 10.0 Å². The molecule has 1 aromatic carbocycles. The van der Waals surface area contributed by atoms with E-state index in [9.17, 15) is 13.2 Å². The van der Waals surface area contributed by atoms with Crippen LogP contribution >= 0.6 is 0 Å². The molecule has 0 aliphatic rings. The summed E-state index contributed by atoms with van der Waals surface area (Å²) in [6.45, 7) is 5.71. The zero-order valence-corrected chi connectivity index (χ0v) is 12.8. The second-order valence-corrected chi connectivity index (χ2v) is 7.19. The second-order valence-electron chi connectivity index (χ2n) is 5.45. The minimum atomic E-state index is -3.28. The summed E-state index contributed by atoms with van der Waals surface area (Å²) < 4.78 is 25.0. The van der Waals surface area contributed by atoms with Crippen molar-refractivity contribution >= 4 is 21.7 Å². The number of carboxylic acids is 1. The highest BCUT2D eigenvalue weighted by atomic mass is 32.2. The van der Waals surface area contributed by atoms with Gasteiger partial charge in [-0.15, -0.1) is 0 Å². The number of hydrogen-bond acceptors (Lipinski definition) is 4. The second kappa shape index (κ2) is 5.80. The van der Waals surface area contributed by atoms with Gasteiger partial charge in [0.15, 0.2) is 0 Å². The molecule has 0 bridgehead atoms. The topological polar surface area (TPSA) is 95.5 Å². The molecule has 0 aliphatic carbocycles. The Morgan fingerprint density at radius 1 is 1.35 bits per heavy atom. The third-order valence-corrected chi connectivity index (χ3v) is 3.58. The lowest BCUT2D eigenvalue weighted by atomic mass is 10.1. The van der Waals surface area contributed by atoms with E-state index in [1.54, 1.807) is 32.9 Å². The normalized spacial score (nSPS) is 12.2. The number of sulfonamides is 1. The fraction of sp³-hybridized carbons (Fsp3) is 0.462. The predicted octanol–water partition coefficient (Wildman–Crippen LogP) is 1.43. The van der Waals surface area contributed by atoms with Crippen LogP contribution in [0.1, 0.15) is 29.8 Å². The highest BCUT2D eigenvalue weighted by Gasteiger charge is 2.22. The smallest absolute Gasteiger partial charge is 0.335 e. The summed E-state index contributed by atoms with van der Waals surface area (Å²) in [5.41, 5.74) is 1.14. The van der Waals surface area contributed by atoms with Gasteiger partial charge in [0.1, 0.15) is 0 Å². The first-order valence-corrected chi connectivity index (χ1v) is 7.96. The number of aromatic carboxylic acids is 1. The van der Waals surface area contributed by atoms with Crippen LogP contribution in [0.4, 0.5) is 5.69 Å². The number of hydrogen-bond donors (Lipinski definition) is 3. The van der Waals surface area contributed by atoms with Crippen LogP contribution in [-0.4, -0.2) is 37.8 Å². The van der Waals surface area contributed by atoms with E-state index in [1.807, 2.05) is 0 Å². The maximum atomic E-state index is 11.2. The predicted molar refractivity (Wildman–Crippen MR) is 78.7 cm³/mol. The third kappa shape index (κ3) is 5.18. The largest absolute Gasteiger partial charge is 0.478 e. The molecule has 0 saturated carbocycles. The average molecular weight is 300 g/mol. The Labute approximate surface area is 119 Å². The highest BCUT2D eigenvalue weighted by Crippen LogP contribution is 2.17. The molecule has 0 unspecified atom stereocenters. The zero-order valence-electron chi connectivity index (χ0n) is 12.0. The molecule has 0 saturated heterocycles. The number of aryl methyl sites for hydroxylation is 1. The number of nitrogens with one attached hydrogen (secondary N) is 2. The van der Waals surface area contributed by atoms with Gasteiger partial charge in [-0.2, -0.15) is 0 Å². The Bertz CT molecular complexity index is 609. The van der Waals surface area contributed by atoms with Gasteiger partial charge in [0.2, 0.25) is 10.0 Å². The molecule has 7 heteroatoms. The number of carbonyl (C=O) groups is 1. The standard InChI is InChI=1S/C13H20N2O4S/c1-9-7-10(12(16)17)5-6-11(9)14-8-13(2,3)15-20(4,18)19/h5-7,14-15H,8H2,1-4H3,(H,16,17). The van der Waals surface area contributed by atoms with Crippen LogP contribution in [0.25, 0.3) is 0 Å².